The van der Waals surface area contributed by atoms with Crippen LogP contribution in [0.1, 0.15) is 11.1 Å². The number of hydrogen-bond acceptors (Lipinski definition) is 3. The fourth-order valence-corrected chi connectivity index (χ4v) is 2.15. The van der Waals surface area contributed by atoms with Crippen molar-refractivity contribution in [3.63, 3.8) is 0 Å². The van der Waals surface area contributed by atoms with Gasteiger partial charge in [0.05, 0.1) is 13.5 Å². The first-order chi connectivity index (χ1) is 8.63. The Morgan fingerprint density at radius 3 is 2.83 bits per heavy atom. The number of aryl methyl sites for hydroxylation is 1. The van der Waals surface area contributed by atoms with Gasteiger partial charge in [-0.15, -0.1) is 0 Å². The minimum absolute atomic E-state index is 0.116. The highest BCUT2D eigenvalue weighted by Gasteiger charge is 2.29. The molecule has 1 aliphatic heterocycles. The highest BCUT2D eigenvalue weighted by Crippen LogP contribution is 2.21. The first kappa shape index (κ1) is 12.9. The molecule has 4 heteroatoms. The Labute approximate surface area is 107 Å². The third-order valence-electron chi connectivity index (χ3n) is 3.40. The molecule has 1 aliphatic rings. The molecule has 0 atom stereocenters. The molecule has 0 unspecified atom stereocenters. The van der Waals surface area contributed by atoms with Gasteiger partial charge in [-0.1, -0.05) is 12.1 Å². The van der Waals surface area contributed by atoms with Gasteiger partial charge in [-0.2, -0.15) is 0 Å². The molecule has 0 aromatic heterocycles. The lowest BCUT2D eigenvalue weighted by Gasteiger charge is -2.38. The van der Waals surface area contributed by atoms with Crippen molar-refractivity contribution in [1.82, 2.24) is 4.90 Å². The molecule has 1 N–H and O–H groups in total. The number of aliphatic hydroxyl groups excluding tert-OH is 1. The number of nitrogens with zero attached hydrogens (tertiary/aromatic N) is 1. The molecule has 0 radical (unpaired) electrons. The van der Waals surface area contributed by atoms with Crippen LogP contribution in [-0.4, -0.2) is 42.7 Å². The molecule has 2 rings (SSSR count). The van der Waals surface area contributed by atoms with Crippen LogP contribution in [0.25, 0.3) is 0 Å². The molecular formula is C14H19NO3. The van der Waals surface area contributed by atoms with Crippen molar-refractivity contribution in [1.29, 1.82) is 0 Å². The van der Waals surface area contributed by atoms with Crippen LogP contribution in [0.2, 0.25) is 0 Å². The molecule has 1 aromatic carbocycles. The summed E-state index contributed by atoms with van der Waals surface area (Å²) in [5.74, 6) is 1.20. The van der Waals surface area contributed by atoms with Crippen molar-refractivity contribution in [3.05, 3.63) is 29.3 Å². The monoisotopic (exact) mass is 249 g/mol. The molecule has 1 fully saturated rings. The van der Waals surface area contributed by atoms with Crippen molar-refractivity contribution >= 4 is 5.91 Å². The molecule has 0 aliphatic carbocycles. The fraction of sp³-hybridized carbons (Fsp3) is 0.500. The van der Waals surface area contributed by atoms with Gasteiger partial charge in [0.25, 0.3) is 0 Å². The Hall–Kier alpha value is -1.55. The smallest absolute Gasteiger partial charge is 0.227 e. The van der Waals surface area contributed by atoms with Crippen molar-refractivity contribution in [3.8, 4) is 5.75 Å². The number of carbonyl (C=O) groups excluding carboxylic acids is 1. The van der Waals surface area contributed by atoms with Crippen molar-refractivity contribution in [2.45, 2.75) is 13.3 Å². The minimum Gasteiger partial charge on any atom is -0.496 e. The van der Waals surface area contributed by atoms with E-state index in [0.29, 0.717) is 19.5 Å². The second kappa shape index (κ2) is 5.40. The zero-order chi connectivity index (χ0) is 13.1. The third kappa shape index (κ3) is 2.64. The summed E-state index contributed by atoms with van der Waals surface area (Å²) >= 11 is 0. The molecular weight excluding hydrogens is 230 g/mol. The van der Waals surface area contributed by atoms with Gasteiger partial charge in [0.2, 0.25) is 5.91 Å². The van der Waals surface area contributed by atoms with E-state index in [4.69, 9.17) is 9.84 Å². The normalized spacial score (nSPS) is 15.4. The molecule has 1 aromatic rings. The fourth-order valence-electron chi connectivity index (χ4n) is 2.15. The lowest BCUT2D eigenvalue weighted by Crippen LogP contribution is -2.51. The van der Waals surface area contributed by atoms with E-state index < -0.39 is 0 Å². The van der Waals surface area contributed by atoms with Crippen LogP contribution < -0.4 is 4.74 Å². The van der Waals surface area contributed by atoms with Gasteiger partial charge in [0, 0.05) is 25.6 Å². The lowest BCUT2D eigenvalue weighted by molar-refractivity contribution is -0.137. The van der Waals surface area contributed by atoms with Crippen LogP contribution in [0.3, 0.4) is 0 Å². The number of methoxy groups -OCH3 is 1. The van der Waals surface area contributed by atoms with Crippen molar-refractivity contribution in [2.75, 3.05) is 26.8 Å². The molecule has 0 spiro atoms. The number of rotatable bonds is 4. The zero-order valence-corrected chi connectivity index (χ0v) is 10.8. The number of hydrogen-bond donors (Lipinski definition) is 1. The Morgan fingerprint density at radius 2 is 2.22 bits per heavy atom. The van der Waals surface area contributed by atoms with E-state index in [1.807, 2.05) is 25.1 Å². The van der Waals surface area contributed by atoms with Gasteiger partial charge in [0.1, 0.15) is 5.75 Å². The summed E-state index contributed by atoms with van der Waals surface area (Å²) in [4.78, 5) is 13.7. The SMILES string of the molecule is COc1cc(CC(=O)N2CC(CO)C2)ccc1C. The van der Waals surface area contributed by atoms with Crippen molar-refractivity contribution in [2.24, 2.45) is 5.92 Å². The van der Waals surface area contributed by atoms with Crippen LogP contribution in [0.5, 0.6) is 5.75 Å². The highest BCUT2D eigenvalue weighted by molar-refractivity contribution is 5.79. The van der Waals surface area contributed by atoms with Crippen LogP contribution >= 0.6 is 0 Å². The summed E-state index contributed by atoms with van der Waals surface area (Å²) in [6, 6.07) is 5.84. The Bertz CT molecular complexity index is 439. The van der Waals surface area contributed by atoms with Gasteiger partial charge in [-0.05, 0) is 24.1 Å². The van der Waals surface area contributed by atoms with Crippen LogP contribution in [0, 0.1) is 12.8 Å². The number of aliphatic hydroxyl groups is 1. The average Bonchev–Trinajstić information content (AvgIpc) is 2.30. The quantitative estimate of drug-likeness (QED) is 0.866. The van der Waals surface area contributed by atoms with Gasteiger partial charge >= 0.3 is 0 Å². The van der Waals surface area contributed by atoms with E-state index in [9.17, 15) is 4.79 Å². The molecule has 1 amide bonds. The first-order valence-corrected chi connectivity index (χ1v) is 6.16. The number of ether oxygens (including phenoxy) is 1. The predicted octanol–water partition coefficient (Wildman–Crippen LogP) is 0.997. The minimum atomic E-state index is 0.116. The second-order valence-corrected chi connectivity index (χ2v) is 4.83. The van der Waals surface area contributed by atoms with Gasteiger partial charge < -0.3 is 14.7 Å². The maximum absolute atomic E-state index is 11.9. The summed E-state index contributed by atoms with van der Waals surface area (Å²) in [5, 5.41) is 8.92. The summed E-state index contributed by atoms with van der Waals surface area (Å²) in [5.41, 5.74) is 2.04. The first-order valence-electron chi connectivity index (χ1n) is 6.16. The predicted molar refractivity (Wildman–Crippen MR) is 68.6 cm³/mol. The van der Waals surface area contributed by atoms with Crippen molar-refractivity contribution < 1.29 is 14.6 Å². The van der Waals surface area contributed by atoms with E-state index >= 15 is 0 Å². The summed E-state index contributed by atoms with van der Waals surface area (Å²) in [7, 11) is 1.63. The number of benzene rings is 1. The number of likely N-dealkylation sites (tertiary alicyclic amines) is 1. The average molecular weight is 249 g/mol. The van der Waals surface area contributed by atoms with Crippen LogP contribution in [0.4, 0.5) is 0 Å². The van der Waals surface area contributed by atoms with Crippen LogP contribution in [-0.2, 0) is 11.2 Å². The van der Waals surface area contributed by atoms with E-state index in [1.54, 1.807) is 12.0 Å². The molecule has 0 saturated carbocycles. The van der Waals surface area contributed by atoms with E-state index in [-0.39, 0.29) is 18.4 Å². The lowest BCUT2D eigenvalue weighted by atomic mass is 9.99. The molecule has 1 heterocycles. The Balaban J connectivity index is 1.95. The standard InChI is InChI=1S/C14H19NO3/c1-10-3-4-11(5-13(10)18-2)6-14(17)15-7-12(8-15)9-16/h3-5,12,16H,6-9H2,1-2H3. The topological polar surface area (TPSA) is 49.8 Å². The molecule has 98 valence electrons. The largest absolute Gasteiger partial charge is 0.496 e. The number of amides is 1. The third-order valence-corrected chi connectivity index (χ3v) is 3.40. The highest BCUT2D eigenvalue weighted by atomic mass is 16.5. The Morgan fingerprint density at radius 1 is 1.50 bits per heavy atom. The summed E-state index contributed by atoms with van der Waals surface area (Å²) in [6.45, 7) is 3.50. The van der Waals surface area contributed by atoms with E-state index in [0.717, 1.165) is 16.9 Å². The summed E-state index contributed by atoms with van der Waals surface area (Å²) < 4.78 is 5.24. The van der Waals surface area contributed by atoms with E-state index in [1.165, 1.54) is 0 Å². The van der Waals surface area contributed by atoms with Gasteiger partial charge in [-0.3, -0.25) is 4.79 Å². The molecule has 1 saturated heterocycles. The second-order valence-electron chi connectivity index (χ2n) is 4.83. The maximum Gasteiger partial charge on any atom is 0.227 e. The molecule has 4 nitrogen and oxygen atoms in total. The molecule has 0 bridgehead atoms. The Kier molecular flexibility index (Phi) is 3.87. The van der Waals surface area contributed by atoms with Crippen LogP contribution in [0.15, 0.2) is 18.2 Å². The van der Waals surface area contributed by atoms with E-state index in [2.05, 4.69) is 0 Å². The van der Waals surface area contributed by atoms with Gasteiger partial charge in [-0.25, -0.2) is 0 Å². The number of carbonyl (C=O) groups is 1. The summed E-state index contributed by atoms with van der Waals surface area (Å²) in [6.07, 6.45) is 0.398. The van der Waals surface area contributed by atoms with Gasteiger partial charge in [0.15, 0.2) is 0 Å². The molecule has 18 heavy (non-hydrogen) atoms. The maximum atomic E-state index is 11.9. The zero-order valence-electron chi connectivity index (χ0n) is 10.8.